The highest BCUT2D eigenvalue weighted by molar-refractivity contribution is 6.40. The summed E-state index contributed by atoms with van der Waals surface area (Å²) >= 11 is 11.8. The average Bonchev–Trinajstić information content (AvgIpc) is 2.52. The molecule has 0 atom stereocenters. The van der Waals surface area contributed by atoms with Crippen LogP contribution in [-0.4, -0.2) is 18.0 Å². The van der Waals surface area contributed by atoms with Gasteiger partial charge in [-0.2, -0.15) is 5.10 Å². The van der Waals surface area contributed by atoms with Crippen molar-refractivity contribution in [3.8, 4) is 0 Å². The minimum Gasteiger partial charge on any atom is -0.317 e. The fourth-order valence-corrected chi connectivity index (χ4v) is 2.82. The molecule has 0 saturated carbocycles. The maximum atomic E-state index is 12.0. The average molecular weight is 378 g/mol. The summed E-state index contributed by atoms with van der Waals surface area (Å²) in [6, 6.07) is 8.72. The van der Waals surface area contributed by atoms with Gasteiger partial charge in [0.15, 0.2) is 0 Å². The van der Waals surface area contributed by atoms with Crippen LogP contribution in [0.25, 0.3) is 0 Å². The van der Waals surface area contributed by atoms with E-state index in [1.165, 1.54) is 6.21 Å². The van der Waals surface area contributed by atoms with Crippen molar-refractivity contribution in [3.05, 3.63) is 62.6 Å². The van der Waals surface area contributed by atoms with Crippen LogP contribution in [0.5, 0.6) is 0 Å². The van der Waals surface area contributed by atoms with E-state index in [1.807, 2.05) is 32.9 Å². The largest absolute Gasteiger partial charge is 0.329 e. The Balaban J connectivity index is 2.01. The minimum absolute atomic E-state index is 0.390. The van der Waals surface area contributed by atoms with Gasteiger partial charge in [-0.15, -0.1) is 0 Å². The van der Waals surface area contributed by atoms with Gasteiger partial charge in [0.2, 0.25) is 0 Å². The smallest absolute Gasteiger partial charge is 0.317 e. The van der Waals surface area contributed by atoms with Gasteiger partial charge in [0.25, 0.3) is 0 Å². The molecule has 0 aliphatic carbocycles. The zero-order valence-electron chi connectivity index (χ0n) is 14.0. The van der Waals surface area contributed by atoms with E-state index >= 15 is 0 Å². The van der Waals surface area contributed by atoms with Gasteiger partial charge < -0.3 is 5.32 Å². The number of amides is 2. The summed E-state index contributed by atoms with van der Waals surface area (Å²) in [7, 11) is 0. The van der Waals surface area contributed by atoms with Gasteiger partial charge in [0, 0.05) is 16.3 Å². The van der Waals surface area contributed by atoms with E-state index in [4.69, 9.17) is 23.2 Å². The summed E-state index contributed by atoms with van der Waals surface area (Å²) < 4.78 is 0. The number of nitrogens with zero attached hydrogens (tertiary/aromatic N) is 1. The van der Waals surface area contributed by atoms with Crippen molar-refractivity contribution in [1.29, 1.82) is 0 Å². The lowest BCUT2D eigenvalue weighted by atomic mass is 10.1. The van der Waals surface area contributed by atoms with Gasteiger partial charge in [-0.05, 0) is 44.0 Å². The maximum absolute atomic E-state index is 12.0. The molecule has 2 amide bonds. The van der Waals surface area contributed by atoms with Crippen LogP contribution in [-0.2, 0) is 9.59 Å². The third-order valence-electron chi connectivity index (χ3n) is 3.45. The third-order valence-corrected chi connectivity index (χ3v) is 4.02. The van der Waals surface area contributed by atoms with Crippen molar-refractivity contribution in [1.82, 2.24) is 5.43 Å². The number of hydrazone groups is 1. The Kier molecular flexibility index (Phi) is 6.17. The second-order valence-corrected chi connectivity index (χ2v) is 6.44. The molecule has 0 heterocycles. The topological polar surface area (TPSA) is 70.6 Å². The number of nitrogens with one attached hydrogen (secondary N) is 2. The molecule has 2 rings (SSSR count). The highest BCUT2D eigenvalue weighted by Gasteiger charge is 2.15. The van der Waals surface area contributed by atoms with E-state index in [-0.39, 0.29) is 0 Å². The number of rotatable bonds is 3. The maximum Gasteiger partial charge on any atom is 0.329 e. The Morgan fingerprint density at radius 1 is 1.00 bits per heavy atom. The van der Waals surface area contributed by atoms with Crippen molar-refractivity contribution in [2.45, 2.75) is 20.8 Å². The van der Waals surface area contributed by atoms with Crippen molar-refractivity contribution >= 4 is 46.9 Å². The van der Waals surface area contributed by atoms with Gasteiger partial charge >= 0.3 is 11.8 Å². The van der Waals surface area contributed by atoms with Crippen molar-refractivity contribution in [3.63, 3.8) is 0 Å². The molecular formula is C18H17Cl2N3O2. The van der Waals surface area contributed by atoms with Gasteiger partial charge in [0.05, 0.1) is 11.2 Å². The van der Waals surface area contributed by atoms with Crippen LogP contribution >= 0.6 is 23.2 Å². The molecule has 0 aliphatic heterocycles. The van der Waals surface area contributed by atoms with Crippen LogP contribution < -0.4 is 10.7 Å². The number of benzene rings is 2. The lowest BCUT2D eigenvalue weighted by molar-refractivity contribution is -0.136. The predicted octanol–water partition coefficient (Wildman–Crippen LogP) is 4.01. The first-order valence-electron chi connectivity index (χ1n) is 7.45. The van der Waals surface area contributed by atoms with Gasteiger partial charge in [-0.25, -0.2) is 5.43 Å². The first-order valence-corrected chi connectivity index (χ1v) is 8.21. The number of aryl methyl sites for hydroxylation is 3. The van der Waals surface area contributed by atoms with Crippen LogP contribution in [0.2, 0.25) is 10.0 Å². The Hall–Kier alpha value is -2.37. The summed E-state index contributed by atoms with van der Waals surface area (Å²) in [5, 5.41) is 7.23. The molecule has 5 nitrogen and oxygen atoms in total. The molecule has 7 heteroatoms. The molecule has 0 spiro atoms. The second kappa shape index (κ2) is 8.14. The second-order valence-electron chi connectivity index (χ2n) is 5.59. The van der Waals surface area contributed by atoms with Crippen molar-refractivity contribution in [2.24, 2.45) is 5.10 Å². The molecule has 2 aromatic carbocycles. The molecule has 0 unspecified atom stereocenters. The summed E-state index contributed by atoms with van der Waals surface area (Å²) in [5.74, 6) is -1.67. The van der Waals surface area contributed by atoms with Crippen LogP contribution in [0.4, 0.5) is 5.69 Å². The highest BCUT2D eigenvalue weighted by atomic mass is 35.5. The molecular weight excluding hydrogens is 361 g/mol. The monoisotopic (exact) mass is 377 g/mol. The SMILES string of the molecule is Cc1cc(C)c(NC(=O)C(=O)NN=Cc2ccc(Cl)cc2Cl)c(C)c1. The Labute approximate surface area is 156 Å². The van der Waals surface area contributed by atoms with Crippen LogP contribution in [0.1, 0.15) is 22.3 Å². The number of halogens is 2. The molecule has 2 N–H and O–H groups in total. The van der Waals surface area contributed by atoms with Crippen molar-refractivity contribution < 1.29 is 9.59 Å². The van der Waals surface area contributed by atoms with E-state index in [0.717, 1.165) is 16.7 Å². The number of hydrogen-bond acceptors (Lipinski definition) is 3. The minimum atomic E-state index is -0.874. The fourth-order valence-electron chi connectivity index (χ4n) is 2.36. The molecule has 0 fully saturated rings. The van der Waals surface area contributed by atoms with Crippen LogP contribution in [0, 0.1) is 20.8 Å². The summed E-state index contributed by atoms with van der Waals surface area (Å²) in [6.07, 6.45) is 1.34. The molecule has 0 bridgehead atoms. The molecule has 25 heavy (non-hydrogen) atoms. The summed E-state index contributed by atoms with van der Waals surface area (Å²) in [4.78, 5) is 23.9. The molecule has 0 saturated heterocycles. The normalized spacial score (nSPS) is 10.8. The number of carbonyl (C=O) groups excluding carboxylic acids is 2. The van der Waals surface area contributed by atoms with Crippen LogP contribution in [0.15, 0.2) is 35.4 Å². The fraction of sp³-hybridized carbons (Fsp3) is 0.167. The Morgan fingerprint density at radius 2 is 1.64 bits per heavy atom. The van der Waals surface area contributed by atoms with E-state index < -0.39 is 11.8 Å². The van der Waals surface area contributed by atoms with Gasteiger partial charge in [-0.1, -0.05) is 47.0 Å². The standard InChI is InChI=1S/C18H17Cl2N3O2/c1-10-6-11(2)16(12(3)7-10)22-17(24)18(25)23-21-9-13-4-5-14(19)8-15(13)20/h4-9H,1-3H3,(H,22,24)(H,23,25). The predicted molar refractivity (Wildman–Crippen MR) is 101 cm³/mol. The summed E-state index contributed by atoms with van der Waals surface area (Å²) in [6.45, 7) is 5.71. The van der Waals surface area contributed by atoms with Crippen LogP contribution in [0.3, 0.4) is 0 Å². The first-order chi connectivity index (χ1) is 11.8. The zero-order valence-corrected chi connectivity index (χ0v) is 15.5. The van der Waals surface area contributed by atoms with E-state index in [9.17, 15) is 9.59 Å². The number of anilines is 1. The number of carbonyl (C=O) groups is 2. The van der Waals surface area contributed by atoms with E-state index in [1.54, 1.807) is 18.2 Å². The lowest BCUT2D eigenvalue weighted by Gasteiger charge is -2.12. The van der Waals surface area contributed by atoms with Crippen molar-refractivity contribution in [2.75, 3.05) is 5.32 Å². The lowest BCUT2D eigenvalue weighted by Crippen LogP contribution is -2.32. The Morgan fingerprint density at radius 3 is 2.24 bits per heavy atom. The summed E-state index contributed by atoms with van der Waals surface area (Å²) in [5.41, 5.74) is 6.21. The third kappa shape index (κ3) is 5.05. The zero-order chi connectivity index (χ0) is 18.6. The van der Waals surface area contributed by atoms with Gasteiger partial charge in [0.1, 0.15) is 0 Å². The molecule has 0 radical (unpaired) electrons. The first kappa shape index (κ1) is 19.0. The van der Waals surface area contributed by atoms with E-state index in [2.05, 4.69) is 15.8 Å². The molecule has 0 aliphatic rings. The number of hydrogen-bond donors (Lipinski definition) is 2. The molecule has 0 aromatic heterocycles. The van der Waals surface area contributed by atoms with E-state index in [0.29, 0.717) is 21.3 Å². The van der Waals surface area contributed by atoms with Gasteiger partial charge in [-0.3, -0.25) is 9.59 Å². The molecule has 2 aromatic rings. The quantitative estimate of drug-likeness (QED) is 0.481. The Bertz CT molecular complexity index is 840. The molecule has 130 valence electrons. The highest BCUT2D eigenvalue weighted by Crippen LogP contribution is 2.22.